The zero-order chi connectivity index (χ0) is 28.9. The van der Waals surface area contributed by atoms with E-state index in [0.29, 0.717) is 37.1 Å². The third-order valence-corrected chi connectivity index (χ3v) is 6.97. The van der Waals surface area contributed by atoms with Crippen molar-refractivity contribution in [3.05, 3.63) is 36.0 Å². The molecule has 10 N–H and O–H groups in total. The van der Waals surface area contributed by atoms with Crippen molar-refractivity contribution in [3.63, 3.8) is 0 Å². The van der Waals surface area contributed by atoms with Gasteiger partial charge >= 0.3 is 5.97 Å². The molecule has 1 aromatic carbocycles. The normalized spacial score (nSPS) is 15.1. The van der Waals surface area contributed by atoms with E-state index in [4.69, 9.17) is 11.5 Å². The van der Waals surface area contributed by atoms with E-state index in [2.05, 4.69) is 20.9 Å². The SMILES string of the molecule is CSCCC(N)C(=O)NC(CCCCN)C(=O)NC(C(=O)NC(Cc1c[nH]c2ccccc12)C(=O)O)C(C)O. The second-order valence-corrected chi connectivity index (χ2v) is 10.4. The number of carbonyl (C=O) groups excluding carboxylic acids is 3. The second kappa shape index (κ2) is 16.1. The third kappa shape index (κ3) is 9.84. The Bertz CT molecular complexity index is 1110. The molecule has 0 aliphatic carbocycles. The lowest BCUT2D eigenvalue weighted by Crippen LogP contribution is -2.60. The Kier molecular flexibility index (Phi) is 13.2. The quantitative estimate of drug-likeness (QED) is 0.120. The van der Waals surface area contributed by atoms with Gasteiger partial charge in [0.15, 0.2) is 0 Å². The first kappa shape index (κ1) is 32.1. The number of para-hydroxylation sites is 1. The van der Waals surface area contributed by atoms with E-state index in [1.54, 1.807) is 18.0 Å². The van der Waals surface area contributed by atoms with Gasteiger partial charge in [0.2, 0.25) is 17.7 Å². The Hall–Kier alpha value is -3.13. The summed E-state index contributed by atoms with van der Waals surface area (Å²) in [7, 11) is 0. The van der Waals surface area contributed by atoms with Crippen LogP contribution in [0.15, 0.2) is 30.5 Å². The predicted molar refractivity (Wildman–Crippen MR) is 151 cm³/mol. The number of aromatic nitrogens is 1. The Labute approximate surface area is 232 Å². The van der Waals surface area contributed by atoms with Gasteiger partial charge in [0, 0.05) is 23.5 Å². The Balaban J connectivity index is 2.13. The van der Waals surface area contributed by atoms with E-state index >= 15 is 0 Å². The number of aromatic amines is 1. The molecule has 0 bridgehead atoms. The number of rotatable bonds is 17. The standard InChI is InChI=1S/C26H40N6O6S/c1-15(33)22(32-24(35)20(9-5-6-11-27)30-23(34)18(28)10-12-39-2)25(36)31-21(26(37)38)13-16-14-29-19-8-4-3-7-17(16)19/h3-4,7-8,14-15,18,20-22,29,33H,5-6,9-13,27-28H2,1-2H3,(H,30,34)(H,31,36)(H,32,35)(H,37,38). The van der Waals surface area contributed by atoms with Gasteiger partial charge in [-0.3, -0.25) is 14.4 Å². The predicted octanol–water partition coefficient (Wildman–Crippen LogP) is -0.160. The zero-order valence-electron chi connectivity index (χ0n) is 22.3. The molecule has 0 aliphatic heterocycles. The Morgan fingerprint density at radius 2 is 1.69 bits per heavy atom. The molecule has 1 heterocycles. The lowest BCUT2D eigenvalue weighted by Gasteiger charge is -2.26. The van der Waals surface area contributed by atoms with Gasteiger partial charge < -0.3 is 42.6 Å². The number of amides is 3. The first-order valence-electron chi connectivity index (χ1n) is 12.9. The largest absolute Gasteiger partial charge is 0.480 e. The molecule has 0 saturated carbocycles. The van der Waals surface area contributed by atoms with E-state index in [1.807, 2.05) is 30.5 Å². The molecule has 12 nitrogen and oxygen atoms in total. The molecular weight excluding hydrogens is 524 g/mol. The molecule has 0 saturated heterocycles. The number of aliphatic carboxylic acids is 1. The van der Waals surface area contributed by atoms with Crippen molar-refractivity contribution in [1.29, 1.82) is 0 Å². The van der Waals surface area contributed by atoms with Crippen molar-refractivity contribution < 1.29 is 29.4 Å². The molecule has 5 atom stereocenters. The van der Waals surface area contributed by atoms with Crippen LogP contribution in [0.2, 0.25) is 0 Å². The van der Waals surface area contributed by atoms with Crippen LogP contribution in [0.25, 0.3) is 10.9 Å². The molecule has 216 valence electrons. The number of hydrogen-bond acceptors (Lipinski definition) is 8. The molecule has 3 amide bonds. The molecule has 0 aliphatic rings. The molecule has 39 heavy (non-hydrogen) atoms. The summed E-state index contributed by atoms with van der Waals surface area (Å²) < 4.78 is 0. The minimum Gasteiger partial charge on any atom is -0.480 e. The maximum Gasteiger partial charge on any atom is 0.326 e. The van der Waals surface area contributed by atoms with E-state index in [-0.39, 0.29) is 12.8 Å². The van der Waals surface area contributed by atoms with Crippen LogP contribution in [0.1, 0.15) is 38.2 Å². The summed E-state index contributed by atoms with van der Waals surface area (Å²) >= 11 is 1.54. The van der Waals surface area contributed by atoms with Crippen LogP contribution in [-0.4, -0.2) is 87.7 Å². The van der Waals surface area contributed by atoms with Crippen molar-refractivity contribution in [1.82, 2.24) is 20.9 Å². The maximum atomic E-state index is 13.1. The second-order valence-electron chi connectivity index (χ2n) is 9.42. The highest BCUT2D eigenvalue weighted by Gasteiger charge is 2.33. The number of nitrogens with two attached hydrogens (primary N) is 2. The van der Waals surface area contributed by atoms with Gasteiger partial charge in [0.1, 0.15) is 18.1 Å². The summed E-state index contributed by atoms with van der Waals surface area (Å²) in [6.07, 6.45) is 4.03. The number of aliphatic hydroxyl groups is 1. The van der Waals surface area contributed by atoms with Crippen LogP contribution in [-0.2, 0) is 25.6 Å². The average Bonchev–Trinajstić information content (AvgIpc) is 3.31. The molecule has 0 radical (unpaired) electrons. The minimum atomic E-state index is -1.46. The molecule has 0 spiro atoms. The number of carboxylic acid groups (broad SMARTS) is 1. The van der Waals surface area contributed by atoms with Gasteiger partial charge in [-0.15, -0.1) is 0 Å². The van der Waals surface area contributed by atoms with Crippen molar-refractivity contribution in [3.8, 4) is 0 Å². The van der Waals surface area contributed by atoms with Crippen LogP contribution in [0, 0.1) is 0 Å². The number of H-pyrrole nitrogens is 1. The number of thioether (sulfide) groups is 1. The lowest BCUT2D eigenvalue weighted by atomic mass is 10.0. The van der Waals surface area contributed by atoms with Gasteiger partial charge in [-0.05, 0) is 62.8 Å². The summed E-state index contributed by atoms with van der Waals surface area (Å²) in [5.74, 6) is -2.65. The summed E-state index contributed by atoms with van der Waals surface area (Å²) in [5, 5.41) is 28.4. The average molecular weight is 565 g/mol. The van der Waals surface area contributed by atoms with E-state index in [1.165, 1.54) is 6.92 Å². The van der Waals surface area contributed by atoms with Gasteiger partial charge in [0.05, 0.1) is 12.1 Å². The minimum absolute atomic E-state index is 0.0166. The number of benzene rings is 1. The van der Waals surface area contributed by atoms with Crippen LogP contribution in [0.5, 0.6) is 0 Å². The molecule has 0 fully saturated rings. The smallest absolute Gasteiger partial charge is 0.326 e. The van der Waals surface area contributed by atoms with Gasteiger partial charge in [-0.25, -0.2) is 4.79 Å². The monoisotopic (exact) mass is 564 g/mol. The number of carbonyl (C=O) groups is 4. The number of nitrogens with one attached hydrogen (secondary N) is 4. The van der Waals surface area contributed by atoms with Crippen LogP contribution in [0.4, 0.5) is 0 Å². The molecular formula is C26H40N6O6S. The van der Waals surface area contributed by atoms with Gasteiger partial charge in [-0.1, -0.05) is 18.2 Å². The topological polar surface area (TPSA) is 213 Å². The third-order valence-electron chi connectivity index (χ3n) is 6.33. The fraction of sp³-hybridized carbons (Fsp3) is 0.538. The highest BCUT2D eigenvalue weighted by molar-refractivity contribution is 7.98. The van der Waals surface area contributed by atoms with Crippen molar-refractivity contribution in [2.45, 2.75) is 69.3 Å². The van der Waals surface area contributed by atoms with Crippen molar-refractivity contribution in [2.75, 3.05) is 18.6 Å². The highest BCUT2D eigenvalue weighted by atomic mass is 32.2. The molecule has 2 rings (SSSR count). The van der Waals surface area contributed by atoms with Crippen molar-refractivity contribution >= 4 is 46.4 Å². The Morgan fingerprint density at radius 1 is 1.00 bits per heavy atom. The Morgan fingerprint density at radius 3 is 2.33 bits per heavy atom. The lowest BCUT2D eigenvalue weighted by molar-refractivity contribution is -0.143. The fourth-order valence-electron chi connectivity index (χ4n) is 4.06. The number of carboxylic acids is 1. The first-order valence-corrected chi connectivity index (χ1v) is 14.3. The molecule has 13 heteroatoms. The molecule has 1 aromatic heterocycles. The van der Waals surface area contributed by atoms with Gasteiger partial charge in [-0.2, -0.15) is 11.8 Å². The molecule has 5 unspecified atom stereocenters. The van der Waals surface area contributed by atoms with Crippen LogP contribution < -0.4 is 27.4 Å². The number of aliphatic hydroxyl groups excluding tert-OH is 1. The van der Waals surface area contributed by atoms with E-state index in [0.717, 1.165) is 10.9 Å². The van der Waals surface area contributed by atoms with Crippen LogP contribution >= 0.6 is 11.8 Å². The summed E-state index contributed by atoms with van der Waals surface area (Å²) in [5.41, 5.74) is 13.0. The first-order chi connectivity index (χ1) is 18.6. The zero-order valence-corrected chi connectivity index (χ0v) is 23.1. The van der Waals surface area contributed by atoms with Crippen molar-refractivity contribution in [2.24, 2.45) is 11.5 Å². The van der Waals surface area contributed by atoms with Gasteiger partial charge in [0.25, 0.3) is 0 Å². The molecule has 2 aromatic rings. The summed E-state index contributed by atoms with van der Waals surface area (Å²) in [4.78, 5) is 53.8. The van der Waals surface area contributed by atoms with E-state index < -0.39 is 54.0 Å². The number of hydrogen-bond donors (Lipinski definition) is 8. The fourth-order valence-corrected chi connectivity index (χ4v) is 4.55. The summed E-state index contributed by atoms with van der Waals surface area (Å²) in [6.45, 7) is 1.71. The number of fused-ring (bicyclic) bond motifs is 1. The summed E-state index contributed by atoms with van der Waals surface area (Å²) in [6, 6.07) is 2.77. The van der Waals surface area contributed by atoms with Crippen LogP contribution in [0.3, 0.4) is 0 Å². The highest BCUT2D eigenvalue weighted by Crippen LogP contribution is 2.19. The number of unbranched alkanes of at least 4 members (excludes halogenated alkanes) is 1. The van der Waals surface area contributed by atoms with E-state index in [9.17, 15) is 29.4 Å². The maximum absolute atomic E-state index is 13.1.